The summed E-state index contributed by atoms with van der Waals surface area (Å²) in [4.78, 5) is 11.1. The highest BCUT2D eigenvalue weighted by Gasteiger charge is 2.39. The van der Waals surface area contributed by atoms with E-state index in [-0.39, 0.29) is 16.4 Å². The third kappa shape index (κ3) is 4.37. The summed E-state index contributed by atoms with van der Waals surface area (Å²) in [6.07, 6.45) is -1.31. The standard InChI is InChI=1S/C13H26O3Si/c1-9(10(2)14)12(15)11(3)16-17(7,8)13(4,5)6/h11-12,15H,1H2,2-8H3. The second-order valence-electron chi connectivity index (χ2n) is 6.11. The molecule has 0 aromatic rings. The summed E-state index contributed by atoms with van der Waals surface area (Å²) in [5, 5.41) is 10.0. The van der Waals surface area contributed by atoms with Crippen LogP contribution in [0, 0.1) is 0 Å². The number of hydrogen-bond donors (Lipinski definition) is 1. The number of carbonyl (C=O) groups excluding carboxylic acids is 1. The molecule has 2 atom stereocenters. The van der Waals surface area contributed by atoms with Gasteiger partial charge in [-0.2, -0.15) is 0 Å². The van der Waals surface area contributed by atoms with Gasteiger partial charge in [-0.05, 0) is 32.0 Å². The van der Waals surface area contributed by atoms with Crippen LogP contribution >= 0.6 is 0 Å². The first-order valence-electron chi connectivity index (χ1n) is 5.96. The molecule has 0 spiro atoms. The van der Waals surface area contributed by atoms with Gasteiger partial charge in [0.25, 0.3) is 0 Å². The molecule has 0 aromatic heterocycles. The Kier molecular flexibility index (Phi) is 5.31. The van der Waals surface area contributed by atoms with E-state index in [1.54, 1.807) is 6.92 Å². The maximum absolute atomic E-state index is 11.1. The predicted molar refractivity (Wildman–Crippen MR) is 73.6 cm³/mol. The summed E-state index contributed by atoms with van der Waals surface area (Å²) in [5.41, 5.74) is 0.219. The molecule has 0 saturated carbocycles. The molecule has 0 saturated heterocycles. The zero-order valence-corrected chi connectivity index (χ0v) is 13.1. The van der Waals surface area contributed by atoms with E-state index >= 15 is 0 Å². The van der Waals surface area contributed by atoms with Crippen LogP contribution in [-0.4, -0.2) is 31.4 Å². The van der Waals surface area contributed by atoms with Crippen LogP contribution in [0.5, 0.6) is 0 Å². The second-order valence-corrected chi connectivity index (χ2v) is 10.9. The fourth-order valence-electron chi connectivity index (χ4n) is 1.20. The summed E-state index contributed by atoms with van der Waals surface area (Å²) in [5.74, 6) is -0.191. The molecule has 0 aliphatic carbocycles. The molecule has 0 aliphatic rings. The molecule has 4 heteroatoms. The van der Waals surface area contributed by atoms with Crippen molar-refractivity contribution in [2.24, 2.45) is 0 Å². The molecule has 1 N–H and O–H groups in total. The second kappa shape index (κ2) is 5.46. The van der Waals surface area contributed by atoms with Crippen LogP contribution in [0.25, 0.3) is 0 Å². The lowest BCUT2D eigenvalue weighted by Gasteiger charge is -2.39. The van der Waals surface area contributed by atoms with E-state index in [2.05, 4.69) is 40.4 Å². The Morgan fingerprint density at radius 1 is 1.35 bits per heavy atom. The van der Waals surface area contributed by atoms with Gasteiger partial charge in [-0.15, -0.1) is 0 Å². The molecular formula is C13H26O3Si. The summed E-state index contributed by atoms with van der Waals surface area (Å²) in [6, 6.07) is 0. The average Bonchev–Trinajstić information content (AvgIpc) is 2.12. The van der Waals surface area contributed by atoms with Gasteiger partial charge >= 0.3 is 0 Å². The van der Waals surface area contributed by atoms with Crippen LogP contribution in [0.2, 0.25) is 18.1 Å². The van der Waals surface area contributed by atoms with Gasteiger partial charge in [-0.1, -0.05) is 27.4 Å². The first-order chi connectivity index (χ1) is 7.40. The Balaban J connectivity index is 4.71. The Labute approximate surface area is 106 Å². The van der Waals surface area contributed by atoms with Gasteiger partial charge < -0.3 is 9.53 Å². The third-order valence-electron chi connectivity index (χ3n) is 3.54. The van der Waals surface area contributed by atoms with Crippen molar-refractivity contribution in [3.63, 3.8) is 0 Å². The lowest BCUT2D eigenvalue weighted by atomic mass is 10.0. The van der Waals surface area contributed by atoms with Crippen LogP contribution in [0.1, 0.15) is 34.6 Å². The van der Waals surface area contributed by atoms with Gasteiger partial charge in [0.15, 0.2) is 14.1 Å². The molecule has 2 unspecified atom stereocenters. The smallest absolute Gasteiger partial charge is 0.192 e. The number of rotatable bonds is 5. The summed E-state index contributed by atoms with van der Waals surface area (Å²) >= 11 is 0. The zero-order valence-electron chi connectivity index (χ0n) is 12.1. The fraction of sp³-hybridized carbons (Fsp3) is 0.769. The van der Waals surface area contributed by atoms with Crippen molar-refractivity contribution < 1.29 is 14.3 Å². The van der Waals surface area contributed by atoms with E-state index in [0.717, 1.165) is 0 Å². The van der Waals surface area contributed by atoms with E-state index in [4.69, 9.17) is 4.43 Å². The first-order valence-corrected chi connectivity index (χ1v) is 8.86. The van der Waals surface area contributed by atoms with Gasteiger partial charge in [-0.3, -0.25) is 4.79 Å². The van der Waals surface area contributed by atoms with Crippen molar-refractivity contribution in [1.82, 2.24) is 0 Å². The van der Waals surface area contributed by atoms with Gasteiger partial charge in [0, 0.05) is 5.57 Å². The number of aliphatic hydroxyl groups is 1. The minimum atomic E-state index is -1.92. The minimum Gasteiger partial charge on any atom is -0.411 e. The van der Waals surface area contributed by atoms with E-state index < -0.39 is 20.5 Å². The normalized spacial score (nSPS) is 16.5. The number of hydrogen-bond acceptors (Lipinski definition) is 3. The van der Waals surface area contributed by atoms with Crippen LogP contribution in [0.4, 0.5) is 0 Å². The van der Waals surface area contributed by atoms with E-state index in [0.29, 0.717) is 0 Å². The SMILES string of the molecule is C=C(C(C)=O)C(O)C(C)O[Si](C)(C)C(C)(C)C. The quantitative estimate of drug-likeness (QED) is 0.609. The average molecular weight is 258 g/mol. The van der Waals surface area contributed by atoms with Crippen molar-refractivity contribution in [2.75, 3.05) is 0 Å². The zero-order chi connectivity index (χ0) is 14.0. The van der Waals surface area contributed by atoms with Crippen molar-refractivity contribution in [2.45, 2.75) is 65.0 Å². The van der Waals surface area contributed by atoms with Gasteiger partial charge in [0.1, 0.15) is 6.10 Å². The molecule has 0 heterocycles. The summed E-state index contributed by atoms with van der Waals surface area (Å²) in [7, 11) is -1.92. The molecular weight excluding hydrogens is 232 g/mol. The molecule has 0 bridgehead atoms. The maximum atomic E-state index is 11.1. The molecule has 0 radical (unpaired) electrons. The van der Waals surface area contributed by atoms with E-state index in [1.165, 1.54) is 6.92 Å². The highest BCUT2D eigenvalue weighted by Crippen LogP contribution is 2.37. The number of Topliss-reactive ketones (excluding diaryl/α,β-unsaturated/α-hetero) is 1. The first kappa shape index (κ1) is 16.5. The Morgan fingerprint density at radius 3 is 2.06 bits per heavy atom. The summed E-state index contributed by atoms with van der Waals surface area (Å²) in [6.45, 7) is 17.4. The third-order valence-corrected chi connectivity index (χ3v) is 8.11. The van der Waals surface area contributed by atoms with Crippen LogP contribution in [-0.2, 0) is 9.22 Å². The molecule has 17 heavy (non-hydrogen) atoms. The summed E-state index contributed by atoms with van der Waals surface area (Å²) < 4.78 is 6.01. The van der Waals surface area contributed by atoms with E-state index in [1.807, 2.05) is 0 Å². The van der Waals surface area contributed by atoms with Crippen LogP contribution in [0.15, 0.2) is 12.2 Å². The van der Waals surface area contributed by atoms with Crippen molar-refractivity contribution >= 4 is 14.1 Å². The Bertz CT molecular complexity index is 302. The molecule has 100 valence electrons. The van der Waals surface area contributed by atoms with Crippen molar-refractivity contribution in [1.29, 1.82) is 0 Å². The maximum Gasteiger partial charge on any atom is 0.192 e. The van der Waals surface area contributed by atoms with Gasteiger partial charge in [0.05, 0.1) is 6.10 Å². The lowest BCUT2D eigenvalue weighted by Crippen LogP contribution is -2.46. The van der Waals surface area contributed by atoms with Gasteiger partial charge in [-0.25, -0.2) is 0 Å². The molecule has 0 aromatic carbocycles. The monoisotopic (exact) mass is 258 g/mol. The van der Waals surface area contributed by atoms with E-state index in [9.17, 15) is 9.90 Å². The predicted octanol–water partition coefficient (Wildman–Crippen LogP) is 2.90. The number of ketones is 1. The largest absolute Gasteiger partial charge is 0.411 e. The number of aliphatic hydroxyl groups excluding tert-OH is 1. The fourth-order valence-corrected chi connectivity index (χ4v) is 2.61. The van der Waals surface area contributed by atoms with Crippen LogP contribution < -0.4 is 0 Å². The molecule has 0 aliphatic heterocycles. The van der Waals surface area contributed by atoms with Crippen molar-refractivity contribution in [3.8, 4) is 0 Å². The highest BCUT2D eigenvalue weighted by atomic mass is 28.4. The topological polar surface area (TPSA) is 46.5 Å². The lowest BCUT2D eigenvalue weighted by molar-refractivity contribution is -0.115. The molecule has 0 fully saturated rings. The molecule has 3 nitrogen and oxygen atoms in total. The Hall–Kier alpha value is -0.453. The highest BCUT2D eigenvalue weighted by molar-refractivity contribution is 6.74. The molecule has 0 rings (SSSR count). The van der Waals surface area contributed by atoms with Gasteiger partial charge in [0.2, 0.25) is 0 Å². The van der Waals surface area contributed by atoms with Crippen LogP contribution in [0.3, 0.4) is 0 Å². The number of carbonyl (C=O) groups is 1. The van der Waals surface area contributed by atoms with Crippen molar-refractivity contribution in [3.05, 3.63) is 12.2 Å². The minimum absolute atomic E-state index is 0.0819. The molecule has 0 amide bonds. The Morgan fingerprint density at radius 2 is 1.76 bits per heavy atom.